The minimum absolute atomic E-state index is 0.443. The Labute approximate surface area is 81.3 Å². The lowest BCUT2D eigenvalue weighted by molar-refractivity contribution is 0.620. The molecule has 0 fully saturated rings. The molecular formula is C12H19N. The molecular weight excluding hydrogens is 158 g/mol. The van der Waals surface area contributed by atoms with E-state index in [4.69, 9.17) is 5.73 Å². The fraction of sp³-hybridized carbons (Fsp3) is 0.333. The molecule has 0 aliphatic heterocycles. The van der Waals surface area contributed by atoms with Gasteiger partial charge in [-0.25, -0.2) is 0 Å². The second-order valence-corrected chi connectivity index (χ2v) is 2.98. The van der Waals surface area contributed by atoms with E-state index >= 15 is 0 Å². The third-order valence-electron chi connectivity index (χ3n) is 2.02. The Balaban J connectivity index is 4.36. The molecule has 0 aromatic carbocycles. The van der Waals surface area contributed by atoms with Gasteiger partial charge in [0.2, 0.25) is 0 Å². The van der Waals surface area contributed by atoms with E-state index in [0.717, 1.165) is 19.3 Å². The monoisotopic (exact) mass is 177 g/mol. The predicted octanol–water partition coefficient (Wildman–Crippen LogP) is 3.17. The van der Waals surface area contributed by atoms with Crippen molar-refractivity contribution in [2.24, 2.45) is 11.7 Å². The summed E-state index contributed by atoms with van der Waals surface area (Å²) in [6, 6.07) is 0. The third-order valence-corrected chi connectivity index (χ3v) is 2.02. The van der Waals surface area contributed by atoms with E-state index in [0.29, 0.717) is 5.92 Å². The van der Waals surface area contributed by atoms with Crippen molar-refractivity contribution in [1.29, 1.82) is 0 Å². The van der Waals surface area contributed by atoms with Crippen molar-refractivity contribution in [2.75, 3.05) is 0 Å². The van der Waals surface area contributed by atoms with Crippen LogP contribution in [0.5, 0.6) is 0 Å². The molecule has 0 bridgehead atoms. The maximum Gasteiger partial charge on any atom is -0.00643 e. The molecule has 1 nitrogen and oxygen atoms in total. The van der Waals surface area contributed by atoms with E-state index in [-0.39, 0.29) is 0 Å². The van der Waals surface area contributed by atoms with Crippen LogP contribution in [0.15, 0.2) is 49.7 Å². The summed E-state index contributed by atoms with van der Waals surface area (Å²) in [6.45, 7) is 11.2. The molecule has 0 aliphatic rings. The van der Waals surface area contributed by atoms with Crippen molar-refractivity contribution in [3.8, 4) is 0 Å². The maximum absolute atomic E-state index is 5.54. The van der Waals surface area contributed by atoms with Crippen LogP contribution in [-0.4, -0.2) is 0 Å². The number of hydrogen-bond acceptors (Lipinski definition) is 1. The van der Waals surface area contributed by atoms with Gasteiger partial charge >= 0.3 is 0 Å². The molecule has 0 aromatic heterocycles. The zero-order valence-electron chi connectivity index (χ0n) is 8.21. The highest BCUT2D eigenvalue weighted by molar-refractivity contribution is 5.11. The summed E-state index contributed by atoms with van der Waals surface area (Å²) < 4.78 is 0. The van der Waals surface area contributed by atoms with Crippen LogP contribution in [0.3, 0.4) is 0 Å². The van der Waals surface area contributed by atoms with E-state index in [1.54, 1.807) is 6.20 Å². The largest absolute Gasteiger partial charge is 0.405 e. The summed E-state index contributed by atoms with van der Waals surface area (Å²) in [4.78, 5) is 0. The fourth-order valence-corrected chi connectivity index (χ4v) is 1.34. The van der Waals surface area contributed by atoms with E-state index in [1.807, 2.05) is 18.2 Å². The molecule has 1 heteroatoms. The van der Waals surface area contributed by atoms with Gasteiger partial charge in [-0.2, -0.15) is 0 Å². The molecule has 72 valence electrons. The maximum atomic E-state index is 5.54. The zero-order chi connectivity index (χ0) is 10.1. The van der Waals surface area contributed by atoms with Gasteiger partial charge in [0.25, 0.3) is 0 Å². The summed E-state index contributed by atoms with van der Waals surface area (Å²) in [5.74, 6) is 0.443. The number of allylic oxidation sites excluding steroid dienone is 4. The highest BCUT2D eigenvalue weighted by Gasteiger charge is 2.09. The van der Waals surface area contributed by atoms with Gasteiger partial charge in [-0.1, -0.05) is 18.2 Å². The lowest BCUT2D eigenvalue weighted by Gasteiger charge is -2.15. The van der Waals surface area contributed by atoms with Crippen molar-refractivity contribution in [2.45, 2.75) is 19.3 Å². The third kappa shape index (κ3) is 4.36. The van der Waals surface area contributed by atoms with Crippen molar-refractivity contribution in [3.05, 3.63) is 49.7 Å². The zero-order valence-corrected chi connectivity index (χ0v) is 8.21. The van der Waals surface area contributed by atoms with Crippen LogP contribution in [0.1, 0.15) is 19.3 Å². The van der Waals surface area contributed by atoms with Crippen molar-refractivity contribution in [1.82, 2.24) is 0 Å². The van der Waals surface area contributed by atoms with Gasteiger partial charge in [-0.05, 0) is 37.0 Å². The van der Waals surface area contributed by atoms with E-state index < -0.39 is 0 Å². The van der Waals surface area contributed by atoms with Gasteiger partial charge in [0, 0.05) is 0 Å². The average molecular weight is 177 g/mol. The predicted molar refractivity (Wildman–Crippen MR) is 60.2 cm³/mol. The molecule has 0 heterocycles. The summed E-state index contributed by atoms with van der Waals surface area (Å²) >= 11 is 0. The Bertz CT molecular complexity index is 191. The van der Waals surface area contributed by atoms with Gasteiger partial charge in [0.15, 0.2) is 0 Å². The Morgan fingerprint density at radius 2 is 1.62 bits per heavy atom. The van der Waals surface area contributed by atoms with Crippen molar-refractivity contribution >= 4 is 0 Å². The normalized spacial score (nSPS) is 11.3. The Morgan fingerprint density at radius 3 is 1.92 bits per heavy atom. The first kappa shape index (κ1) is 11.8. The Morgan fingerprint density at radius 1 is 1.08 bits per heavy atom. The van der Waals surface area contributed by atoms with Gasteiger partial charge < -0.3 is 5.73 Å². The van der Waals surface area contributed by atoms with Gasteiger partial charge in [0.1, 0.15) is 0 Å². The van der Waals surface area contributed by atoms with Crippen LogP contribution in [0.25, 0.3) is 0 Å². The minimum Gasteiger partial charge on any atom is -0.405 e. The van der Waals surface area contributed by atoms with Crippen LogP contribution in [0.2, 0.25) is 0 Å². The molecule has 0 spiro atoms. The molecule has 0 atom stereocenters. The van der Waals surface area contributed by atoms with Crippen LogP contribution in [0, 0.1) is 5.92 Å². The molecule has 0 amide bonds. The molecule has 13 heavy (non-hydrogen) atoms. The summed E-state index contributed by atoms with van der Waals surface area (Å²) in [7, 11) is 0. The lowest BCUT2D eigenvalue weighted by atomic mass is 9.91. The molecule has 0 rings (SSSR count). The van der Waals surface area contributed by atoms with Gasteiger partial charge in [-0.15, -0.1) is 19.7 Å². The summed E-state index contributed by atoms with van der Waals surface area (Å²) in [5.41, 5.74) is 6.76. The lowest BCUT2D eigenvalue weighted by Crippen LogP contribution is -2.04. The van der Waals surface area contributed by atoms with Gasteiger partial charge in [-0.3, -0.25) is 0 Å². The Kier molecular flexibility index (Phi) is 6.70. The molecule has 0 radical (unpaired) electrons. The SMILES string of the molecule is C=CC/C(=C\N)C(CC=C)CC=C. The quantitative estimate of drug-likeness (QED) is 0.594. The molecule has 0 aliphatic carbocycles. The summed E-state index contributed by atoms with van der Waals surface area (Å²) in [6.07, 6.45) is 10.1. The summed E-state index contributed by atoms with van der Waals surface area (Å²) in [5, 5.41) is 0. The second kappa shape index (κ2) is 7.41. The number of rotatable bonds is 7. The van der Waals surface area contributed by atoms with Gasteiger partial charge in [0.05, 0.1) is 0 Å². The van der Waals surface area contributed by atoms with Crippen molar-refractivity contribution in [3.63, 3.8) is 0 Å². The van der Waals surface area contributed by atoms with E-state index in [9.17, 15) is 0 Å². The first-order valence-electron chi connectivity index (χ1n) is 4.53. The standard InChI is InChI=1S/C12H19N/c1-4-7-11(8-5-2)12(10-13)9-6-3/h4-6,10-11H,1-3,7-9,13H2/b12-10+. The van der Waals surface area contributed by atoms with Crippen molar-refractivity contribution < 1.29 is 0 Å². The first-order chi connectivity index (χ1) is 6.29. The fourth-order valence-electron chi connectivity index (χ4n) is 1.34. The number of hydrogen-bond donors (Lipinski definition) is 1. The molecule has 0 saturated carbocycles. The highest BCUT2D eigenvalue weighted by Crippen LogP contribution is 2.22. The highest BCUT2D eigenvalue weighted by atomic mass is 14.5. The average Bonchev–Trinajstić information content (AvgIpc) is 2.14. The van der Waals surface area contributed by atoms with Crippen LogP contribution >= 0.6 is 0 Å². The van der Waals surface area contributed by atoms with E-state index in [1.165, 1.54) is 5.57 Å². The minimum atomic E-state index is 0.443. The molecule has 2 N–H and O–H groups in total. The van der Waals surface area contributed by atoms with Crippen LogP contribution in [-0.2, 0) is 0 Å². The van der Waals surface area contributed by atoms with Crippen LogP contribution < -0.4 is 5.73 Å². The smallest absolute Gasteiger partial charge is 0.00643 e. The second-order valence-electron chi connectivity index (χ2n) is 2.98. The topological polar surface area (TPSA) is 26.0 Å². The molecule has 0 aromatic rings. The van der Waals surface area contributed by atoms with E-state index in [2.05, 4.69) is 19.7 Å². The number of nitrogens with two attached hydrogens (primary N) is 1. The Hall–Kier alpha value is -1.24. The van der Waals surface area contributed by atoms with Crippen LogP contribution in [0.4, 0.5) is 0 Å². The first-order valence-corrected chi connectivity index (χ1v) is 4.53. The molecule has 0 unspecified atom stereocenters. The molecule has 0 saturated heterocycles.